The van der Waals surface area contributed by atoms with Gasteiger partial charge in [0.2, 0.25) is 0 Å². The van der Waals surface area contributed by atoms with Gasteiger partial charge in [0.1, 0.15) is 10.0 Å². The summed E-state index contributed by atoms with van der Waals surface area (Å²) in [5.74, 6) is -0.422. The predicted octanol–water partition coefficient (Wildman–Crippen LogP) is 5.46. The van der Waals surface area contributed by atoms with Crippen molar-refractivity contribution in [1.82, 2.24) is 14.7 Å². The number of hydrogen-bond donors (Lipinski definition) is 0. The van der Waals surface area contributed by atoms with Crippen molar-refractivity contribution in [3.8, 4) is 22.7 Å². The molecule has 3 heterocycles. The summed E-state index contributed by atoms with van der Waals surface area (Å²) in [6.45, 7) is 3.36. The van der Waals surface area contributed by atoms with Gasteiger partial charge >= 0.3 is 0 Å². The van der Waals surface area contributed by atoms with E-state index in [2.05, 4.69) is 0 Å². The zero-order valence-electron chi connectivity index (χ0n) is 19.1. The van der Waals surface area contributed by atoms with E-state index in [-0.39, 0.29) is 17.8 Å². The minimum Gasteiger partial charge on any atom is -0.491 e. The average molecular weight is 510 g/mol. The molecule has 6 nitrogen and oxygen atoms in total. The highest BCUT2D eigenvalue weighted by Gasteiger charge is 2.35. The molecular formula is C26H24FN3O3S2. The smallest absolute Gasteiger partial charge is 0.266 e. The molecule has 0 N–H and O–H groups in total. The first-order valence-corrected chi connectivity index (χ1v) is 12.7. The Kier molecular flexibility index (Phi) is 6.99. The zero-order valence-corrected chi connectivity index (χ0v) is 20.8. The molecule has 2 fully saturated rings. The van der Waals surface area contributed by atoms with Gasteiger partial charge in [0, 0.05) is 23.9 Å². The SMILES string of the molecule is CCOc1ccc(-c2nn(-c3ccccc3)cc2/C=C2\SC(=S)N(C[C@H]3CCCO3)C2=O)cc1F. The Bertz CT molecular complexity index is 1290. The van der Waals surface area contributed by atoms with Gasteiger partial charge in [-0.3, -0.25) is 9.69 Å². The Morgan fingerprint density at radius 1 is 1.29 bits per heavy atom. The highest BCUT2D eigenvalue weighted by Crippen LogP contribution is 2.36. The second-order valence-electron chi connectivity index (χ2n) is 8.22. The molecule has 2 saturated heterocycles. The van der Waals surface area contributed by atoms with Crippen LogP contribution in [0.5, 0.6) is 5.75 Å². The molecule has 9 heteroatoms. The largest absolute Gasteiger partial charge is 0.491 e. The van der Waals surface area contributed by atoms with Crippen molar-refractivity contribution in [2.45, 2.75) is 25.9 Å². The molecule has 0 bridgehead atoms. The lowest BCUT2D eigenvalue weighted by atomic mass is 10.1. The molecule has 2 aliphatic rings. The Hall–Kier alpha value is -3.01. The number of aromatic nitrogens is 2. The molecule has 1 atom stereocenters. The normalized spacial score (nSPS) is 19.2. The fourth-order valence-corrected chi connectivity index (χ4v) is 5.41. The number of benzene rings is 2. The van der Waals surface area contributed by atoms with Crippen molar-refractivity contribution in [3.05, 3.63) is 71.0 Å². The van der Waals surface area contributed by atoms with E-state index in [0.717, 1.165) is 25.1 Å². The molecule has 5 rings (SSSR count). The van der Waals surface area contributed by atoms with Crippen LogP contribution in [0, 0.1) is 5.82 Å². The molecule has 3 aromatic rings. The molecule has 35 heavy (non-hydrogen) atoms. The van der Waals surface area contributed by atoms with Gasteiger partial charge in [-0.1, -0.05) is 42.2 Å². The maximum absolute atomic E-state index is 14.7. The van der Waals surface area contributed by atoms with Crippen LogP contribution in [0.4, 0.5) is 4.39 Å². The first kappa shape index (κ1) is 23.7. The molecular weight excluding hydrogens is 485 g/mol. The summed E-state index contributed by atoms with van der Waals surface area (Å²) in [5, 5.41) is 4.73. The van der Waals surface area contributed by atoms with Gasteiger partial charge in [-0.25, -0.2) is 9.07 Å². The van der Waals surface area contributed by atoms with Crippen molar-refractivity contribution in [1.29, 1.82) is 0 Å². The molecule has 0 spiro atoms. The maximum Gasteiger partial charge on any atom is 0.266 e. The lowest BCUT2D eigenvalue weighted by Crippen LogP contribution is -2.35. The molecule has 0 saturated carbocycles. The quantitative estimate of drug-likeness (QED) is 0.312. The van der Waals surface area contributed by atoms with Gasteiger partial charge in [0.25, 0.3) is 5.91 Å². The summed E-state index contributed by atoms with van der Waals surface area (Å²) in [5.41, 5.74) is 2.68. The summed E-state index contributed by atoms with van der Waals surface area (Å²) in [6, 6.07) is 14.4. The van der Waals surface area contributed by atoms with Crippen LogP contribution in [0.25, 0.3) is 23.0 Å². The summed E-state index contributed by atoms with van der Waals surface area (Å²) < 4.78 is 28.0. The van der Waals surface area contributed by atoms with Crippen molar-refractivity contribution in [2.24, 2.45) is 0 Å². The fraction of sp³-hybridized carbons (Fsp3) is 0.269. The number of para-hydroxylation sites is 1. The summed E-state index contributed by atoms with van der Waals surface area (Å²) in [7, 11) is 0. The van der Waals surface area contributed by atoms with Crippen LogP contribution in [-0.2, 0) is 9.53 Å². The number of rotatable bonds is 7. The molecule has 0 radical (unpaired) electrons. The average Bonchev–Trinajstić information content (AvgIpc) is 3.59. The number of ether oxygens (including phenoxy) is 2. The van der Waals surface area contributed by atoms with E-state index in [1.54, 1.807) is 27.8 Å². The molecule has 0 aliphatic carbocycles. The highest BCUT2D eigenvalue weighted by molar-refractivity contribution is 8.26. The number of halogens is 1. The third-order valence-corrected chi connectivity index (χ3v) is 7.22. The van der Waals surface area contributed by atoms with E-state index in [4.69, 9.17) is 26.8 Å². The van der Waals surface area contributed by atoms with Crippen LogP contribution >= 0.6 is 24.0 Å². The number of thiocarbonyl (C=S) groups is 1. The highest BCUT2D eigenvalue weighted by atomic mass is 32.2. The van der Waals surface area contributed by atoms with E-state index in [1.807, 2.05) is 43.5 Å². The number of carbonyl (C=O) groups is 1. The standard InChI is InChI=1S/C26H24FN3O3S2/c1-2-32-22-11-10-17(13-21(22)27)24-18(15-30(28-24)19-7-4-3-5-8-19)14-23-25(31)29(26(34)35-23)16-20-9-6-12-33-20/h3-5,7-8,10-11,13-15,20H,2,6,9,12,16H2,1H3/b23-14-/t20-/m1/s1. The lowest BCUT2D eigenvalue weighted by molar-refractivity contribution is -0.123. The monoisotopic (exact) mass is 509 g/mol. The van der Waals surface area contributed by atoms with Crippen molar-refractivity contribution < 1.29 is 18.7 Å². The Morgan fingerprint density at radius 2 is 2.11 bits per heavy atom. The van der Waals surface area contributed by atoms with E-state index in [1.165, 1.54) is 17.8 Å². The van der Waals surface area contributed by atoms with Crippen LogP contribution in [0.15, 0.2) is 59.6 Å². The van der Waals surface area contributed by atoms with Gasteiger partial charge in [-0.05, 0) is 56.2 Å². The van der Waals surface area contributed by atoms with Crippen LogP contribution in [-0.4, -0.2) is 50.8 Å². The topological polar surface area (TPSA) is 56.6 Å². The van der Waals surface area contributed by atoms with E-state index >= 15 is 0 Å². The second kappa shape index (κ2) is 10.3. The van der Waals surface area contributed by atoms with Crippen molar-refractivity contribution in [2.75, 3.05) is 19.8 Å². The third kappa shape index (κ3) is 5.03. The number of hydrogen-bond acceptors (Lipinski definition) is 6. The summed E-state index contributed by atoms with van der Waals surface area (Å²) >= 11 is 6.76. The van der Waals surface area contributed by atoms with Gasteiger partial charge < -0.3 is 9.47 Å². The molecule has 1 amide bonds. The molecule has 180 valence electrons. The molecule has 0 unspecified atom stereocenters. The minimum atomic E-state index is -0.465. The van der Waals surface area contributed by atoms with Crippen molar-refractivity contribution in [3.63, 3.8) is 0 Å². The number of amides is 1. The second-order valence-corrected chi connectivity index (χ2v) is 9.89. The maximum atomic E-state index is 14.7. The van der Waals surface area contributed by atoms with E-state index < -0.39 is 5.82 Å². The Balaban J connectivity index is 1.52. The molecule has 2 aromatic carbocycles. The van der Waals surface area contributed by atoms with Crippen LogP contribution in [0.3, 0.4) is 0 Å². The van der Waals surface area contributed by atoms with Gasteiger partial charge in [-0.2, -0.15) is 5.10 Å². The van der Waals surface area contributed by atoms with E-state index in [9.17, 15) is 9.18 Å². The first-order chi connectivity index (χ1) is 17.0. The Morgan fingerprint density at radius 3 is 2.83 bits per heavy atom. The predicted molar refractivity (Wildman–Crippen MR) is 139 cm³/mol. The lowest BCUT2D eigenvalue weighted by Gasteiger charge is -2.18. The van der Waals surface area contributed by atoms with Crippen LogP contribution < -0.4 is 4.74 Å². The Labute approximate surface area is 212 Å². The zero-order chi connectivity index (χ0) is 24.4. The van der Waals surface area contributed by atoms with E-state index in [0.29, 0.717) is 39.2 Å². The first-order valence-electron chi connectivity index (χ1n) is 11.5. The van der Waals surface area contributed by atoms with Crippen LogP contribution in [0.2, 0.25) is 0 Å². The number of carbonyl (C=O) groups excluding carboxylic acids is 1. The third-order valence-electron chi connectivity index (χ3n) is 5.84. The van der Waals surface area contributed by atoms with Gasteiger partial charge in [0.05, 0.1) is 29.8 Å². The summed E-state index contributed by atoms with van der Waals surface area (Å²) in [6.07, 6.45) is 5.56. The van der Waals surface area contributed by atoms with Crippen molar-refractivity contribution >= 4 is 40.3 Å². The van der Waals surface area contributed by atoms with Crippen LogP contribution in [0.1, 0.15) is 25.3 Å². The number of thioether (sulfide) groups is 1. The molecule has 2 aliphatic heterocycles. The van der Waals surface area contributed by atoms with Gasteiger partial charge in [0.15, 0.2) is 11.6 Å². The fourth-order valence-electron chi connectivity index (χ4n) is 4.14. The number of nitrogens with zero attached hydrogens (tertiary/aromatic N) is 3. The van der Waals surface area contributed by atoms with Gasteiger partial charge in [-0.15, -0.1) is 0 Å². The summed E-state index contributed by atoms with van der Waals surface area (Å²) in [4.78, 5) is 15.3. The molecule has 1 aromatic heterocycles. The minimum absolute atomic E-state index is 0.0140.